The van der Waals surface area contributed by atoms with Crippen LogP contribution in [0.5, 0.6) is 0 Å². The average molecular weight is 308 g/mol. The van der Waals surface area contributed by atoms with Gasteiger partial charge in [0.25, 0.3) is 0 Å². The number of nitrogens with two attached hydrogens (primary N) is 1. The van der Waals surface area contributed by atoms with Gasteiger partial charge in [0, 0.05) is 18.0 Å². The Morgan fingerprint density at radius 1 is 1.19 bits per heavy atom. The number of rotatable bonds is 6. The minimum absolute atomic E-state index is 0.157. The minimum atomic E-state index is -3.45. The van der Waals surface area contributed by atoms with Gasteiger partial charge in [-0.05, 0) is 30.4 Å². The van der Waals surface area contributed by atoms with Crippen molar-refractivity contribution in [3.63, 3.8) is 0 Å². The van der Waals surface area contributed by atoms with Gasteiger partial charge in [0.1, 0.15) is 0 Å². The van der Waals surface area contributed by atoms with Crippen molar-refractivity contribution in [2.24, 2.45) is 11.7 Å². The van der Waals surface area contributed by atoms with Crippen molar-refractivity contribution in [1.29, 1.82) is 0 Å². The molecular weight excluding hydrogens is 284 g/mol. The number of nitrogens with one attached hydrogen (secondary N) is 1. The Bertz CT molecular complexity index is 549. The molecule has 1 fully saturated rings. The van der Waals surface area contributed by atoms with Gasteiger partial charge < -0.3 is 5.73 Å². The summed E-state index contributed by atoms with van der Waals surface area (Å²) >= 11 is 0. The summed E-state index contributed by atoms with van der Waals surface area (Å²) in [6.45, 7) is 0.350. The SMILES string of the molecule is NCC(NS(=O)(=O)/C=C/c1ccccc1)C1CCCCC1. The first-order valence-electron chi connectivity index (χ1n) is 7.56. The fourth-order valence-electron chi connectivity index (χ4n) is 2.86. The van der Waals surface area contributed by atoms with Gasteiger partial charge in [0.2, 0.25) is 10.0 Å². The summed E-state index contributed by atoms with van der Waals surface area (Å²) in [7, 11) is -3.45. The summed E-state index contributed by atoms with van der Waals surface area (Å²) in [6, 6.07) is 9.24. The molecule has 0 aliphatic heterocycles. The van der Waals surface area contributed by atoms with Crippen LogP contribution in [0.1, 0.15) is 37.7 Å². The first-order valence-corrected chi connectivity index (χ1v) is 9.11. The molecule has 1 atom stereocenters. The first-order chi connectivity index (χ1) is 10.1. The molecule has 0 radical (unpaired) electrons. The summed E-state index contributed by atoms with van der Waals surface area (Å²) in [6.07, 6.45) is 7.32. The van der Waals surface area contributed by atoms with E-state index >= 15 is 0 Å². The van der Waals surface area contributed by atoms with Gasteiger partial charge in [-0.2, -0.15) is 0 Å². The van der Waals surface area contributed by atoms with Crippen LogP contribution in [-0.4, -0.2) is 21.0 Å². The van der Waals surface area contributed by atoms with E-state index < -0.39 is 10.0 Å². The Morgan fingerprint density at radius 3 is 2.48 bits per heavy atom. The van der Waals surface area contributed by atoms with Crippen molar-refractivity contribution in [1.82, 2.24) is 4.72 Å². The molecule has 0 aromatic heterocycles. The standard InChI is InChI=1S/C16H24N2O2S/c17-13-16(15-9-5-2-6-10-15)18-21(19,20)12-11-14-7-3-1-4-8-14/h1,3-4,7-8,11-12,15-16,18H,2,5-6,9-10,13,17H2/b12-11+. The molecule has 1 saturated carbocycles. The molecule has 0 saturated heterocycles. The molecule has 2 rings (SSSR count). The molecule has 0 amide bonds. The Balaban J connectivity index is 2.00. The molecule has 1 aromatic rings. The second kappa shape index (κ2) is 7.73. The third kappa shape index (κ3) is 5.26. The van der Waals surface area contributed by atoms with Crippen molar-refractivity contribution in [3.05, 3.63) is 41.3 Å². The smallest absolute Gasteiger partial charge is 0.234 e. The molecule has 3 N–H and O–H groups in total. The van der Waals surface area contributed by atoms with Crippen molar-refractivity contribution < 1.29 is 8.42 Å². The van der Waals surface area contributed by atoms with Gasteiger partial charge in [-0.3, -0.25) is 0 Å². The monoisotopic (exact) mass is 308 g/mol. The van der Waals surface area contributed by atoms with Gasteiger partial charge in [0.05, 0.1) is 0 Å². The van der Waals surface area contributed by atoms with Gasteiger partial charge in [-0.1, -0.05) is 49.6 Å². The lowest BCUT2D eigenvalue weighted by molar-refractivity contribution is 0.294. The quantitative estimate of drug-likeness (QED) is 0.848. The van der Waals surface area contributed by atoms with Gasteiger partial charge in [0.15, 0.2) is 0 Å². The van der Waals surface area contributed by atoms with E-state index in [0.29, 0.717) is 12.5 Å². The third-order valence-corrected chi connectivity index (χ3v) is 5.15. The Kier molecular flexibility index (Phi) is 5.96. The van der Waals surface area contributed by atoms with Crippen molar-refractivity contribution >= 4 is 16.1 Å². The maximum Gasteiger partial charge on any atom is 0.234 e. The van der Waals surface area contributed by atoms with E-state index in [1.54, 1.807) is 6.08 Å². The predicted octanol–water partition coefficient (Wildman–Crippen LogP) is 2.48. The molecule has 1 unspecified atom stereocenters. The zero-order chi connectivity index (χ0) is 15.1. The van der Waals surface area contributed by atoms with E-state index in [1.807, 2.05) is 30.3 Å². The van der Waals surface area contributed by atoms with E-state index in [0.717, 1.165) is 18.4 Å². The topological polar surface area (TPSA) is 72.2 Å². The van der Waals surface area contributed by atoms with E-state index in [4.69, 9.17) is 5.73 Å². The normalized spacial score (nSPS) is 18.9. The number of hydrogen-bond acceptors (Lipinski definition) is 3. The van der Waals surface area contributed by atoms with E-state index in [2.05, 4.69) is 4.72 Å². The molecule has 1 aromatic carbocycles. The van der Waals surface area contributed by atoms with Crippen molar-refractivity contribution in [2.45, 2.75) is 38.1 Å². The average Bonchev–Trinajstić information content (AvgIpc) is 2.53. The third-order valence-electron chi connectivity index (χ3n) is 4.03. The van der Waals surface area contributed by atoms with E-state index in [-0.39, 0.29) is 6.04 Å². The molecule has 21 heavy (non-hydrogen) atoms. The second-order valence-electron chi connectivity index (χ2n) is 5.62. The molecular formula is C16H24N2O2S. The summed E-state index contributed by atoms with van der Waals surface area (Å²) < 4.78 is 27.1. The Labute approximate surface area is 127 Å². The second-order valence-corrected chi connectivity index (χ2v) is 7.21. The summed E-state index contributed by atoms with van der Waals surface area (Å²) in [4.78, 5) is 0. The highest BCUT2D eigenvalue weighted by Crippen LogP contribution is 2.26. The molecule has 1 aliphatic carbocycles. The maximum absolute atomic E-state index is 12.2. The summed E-state index contributed by atoms with van der Waals surface area (Å²) in [5.74, 6) is 0.364. The van der Waals surface area contributed by atoms with Crippen LogP contribution in [-0.2, 0) is 10.0 Å². The lowest BCUT2D eigenvalue weighted by atomic mass is 9.84. The Hall–Kier alpha value is -1.17. The lowest BCUT2D eigenvalue weighted by Gasteiger charge is -2.29. The van der Waals surface area contributed by atoms with Crippen LogP contribution in [0, 0.1) is 5.92 Å². The molecule has 5 heteroatoms. The van der Waals surface area contributed by atoms with Crippen LogP contribution < -0.4 is 10.5 Å². The maximum atomic E-state index is 12.2. The fraction of sp³-hybridized carbons (Fsp3) is 0.500. The molecule has 0 bridgehead atoms. The number of hydrogen-bond donors (Lipinski definition) is 2. The zero-order valence-corrected chi connectivity index (χ0v) is 13.1. The zero-order valence-electron chi connectivity index (χ0n) is 12.2. The van der Waals surface area contributed by atoms with Crippen molar-refractivity contribution in [3.8, 4) is 0 Å². The minimum Gasteiger partial charge on any atom is -0.329 e. The number of benzene rings is 1. The van der Waals surface area contributed by atoms with Gasteiger partial charge in [-0.25, -0.2) is 13.1 Å². The van der Waals surface area contributed by atoms with E-state index in [9.17, 15) is 8.42 Å². The van der Waals surface area contributed by atoms with Crippen LogP contribution in [0.15, 0.2) is 35.7 Å². The molecule has 0 heterocycles. The molecule has 1 aliphatic rings. The lowest BCUT2D eigenvalue weighted by Crippen LogP contribution is -2.45. The van der Waals surface area contributed by atoms with Crippen LogP contribution in [0.25, 0.3) is 6.08 Å². The highest BCUT2D eigenvalue weighted by molar-refractivity contribution is 7.92. The summed E-state index contributed by atoms with van der Waals surface area (Å²) in [5.41, 5.74) is 6.63. The van der Waals surface area contributed by atoms with Crippen LogP contribution in [0.4, 0.5) is 0 Å². The number of sulfonamides is 1. The van der Waals surface area contributed by atoms with E-state index in [1.165, 1.54) is 24.7 Å². The molecule has 0 spiro atoms. The Morgan fingerprint density at radius 2 is 1.86 bits per heavy atom. The van der Waals surface area contributed by atoms with Crippen LogP contribution in [0.2, 0.25) is 0 Å². The highest BCUT2D eigenvalue weighted by atomic mass is 32.2. The van der Waals surface area contributed by atoms with Crippen molar-refractivity contribution in [2.75, 3.05) is 6.54 Å². The van der Waals surface area contributed by atoms with Crippen LogP contribution >= 0.6 is 0 Å². The predicted molar refractivity (Wildman–Crippen MR) is 86.9 cm³/mol. The first kappa shape index (κ1) is 16.2. The van der Waals surface area contributed by atoms with Gasteiger partial charge >= 0.3 is 0 Å². The van der Waals surface area contributed by atoms with Crippen LogP contribution in [0.3, 0.4) is 0 Å². The molecule has 4 nitrogen and oxygen atoms in total. The summed E-state index contributed by atoms with van der Waals surface area (Å²) in [5, 5.41) is 1.23. The molecule has 116 valence electrons. The largest absolute Gasteiger partial charge is 0.329 e. The highest BCUT2D eigenvalue weighted by Gasteiger charge is 2.25. The van der Waals surface area contributed by atoms with Gasteiger partial charge in [-0.15, -0.1) is 0 Å². The fourth-order valence-corrected chi connectivity index (χ4v) is 3.98.